The number of rotatable bonds is 5. The Labute approximate surface area is 167 Å². The molecular weight excluding hydrogens is 410 g/mol. The topological polar surface area (TPSA) is 68.0 Å². The zero-order chi connectivity index (χ0) is 21.7. The van der Waals surface area contributed by atoms with Crippen LogP contribution in [0, 0.1) is 11.6 Å². The molecule has 0 aliphatic heterocycles. The molecule has 10 heteroatoms. The number of halogens is 4. The Bertz CT molecular complexity index is 931. The van der Waals surface area contributed by atoms with E-state index in [4.69, 9.17) is 0 Å². The summed E-state index contributed by atoms with van der Waals surface area (Å²) < 4.78 is 67.2. The van der Waals surface area contributed by atoms with Crippen molar-refractivity contribution in [2.45, 2.75) is 18.1 Å². The zero-order valence-electron chi connectivity index (χ0n) is 15.6. The Morgan fingerprint density at radius 1 is 0.966 bits per heavy atom. The van der Waals surface area contributed by atoms with Crippen molar-refractivity contribution in [2.24, 2.45) is 0 Å². The van der Waals surface area contributed by atoms with Crippen molar-refractivity contribution in [3.05, 3.63) is 83.9 Å². The molecule has 0 bridgehead atoms. The quantitative estimate of drug-likeness (QED) is 0.633. The summed E-state index contributed by atoms with van der Waals surface area (Å²) >= 11 is 0. The van der Waals surface area contributed by atoms with E-state index in [2.05, 4.69) is 10.1 Å². The molecule has 1 aromatic heterocycles. The summed E-state index contributed by atoms with van der Waals surface area (Å²) in [4.78, 5) is 3.67. The second-order valence-electron chi connectivity index (χ2n) is 6.28. The predicted molar refractivity (Wildman–Crippen MR) is 101 cm³/mol. The Hall–Kier alpha value is -2.59. The van der Waals surface area contributed by atoms with E-state index < -0.39 is 46.1 Å². The number of nitrogens with zero attached hydrogens (tertiary/aromatic N) is 3. The standard InChI is InChI=1S/C17H13F4N3O.C2H6OS/c18-14-5-1-12(2-6-14)16(25,9-24-11-22-10-23-24)17(20,21)13-3-7-15(19)8-4-13;1-4(2)3/h1-8,10-11,25H,9H2;1-2H3. The third-order valence-corrected chi connectivity index (χ3v) is 3.91. The molecule has 0 radical (unpaired) electrons. The molecule has 3 aromatic rings. The van der Waals surface area contributed by atoms with Crippen LogP contribution in [0.4, 0.5) is 17.6 Å². The number of aromatic nitrogens is 3. The van der Waals surface area contributed by atoms with Crippen molar-refractivity contribution >= 4 is 10.8 Å². The van der Waals surface area contributed by atoms with Gasteiger partial charge in [0, 0.05) is 28.9 Å². The predicted octanol–water partition coefficient (Wildman–Crippen LogP) is 3.23. The minimum atomic E-state index is -3.82. The molecule has 0 amide bonds. The van der Waals surface area contributed by atoms with E-state index in [0.29, 0.717) is 0 Å². The van der Waals surface area contributed by atoms with Gasteiger partial charge in [-0.3, -0.25) is 4.21 Å². The van der Waals surface area contributed by atoms with Crippen LogP contribution in [0.2, 0.25) is 0 Å². The summed E-state index contributed by atoms with van der Waals surface area (Å²) in [6.07, 6.45) is 5.59. The lowest BCUT2D eigenvalue weighted by molar-refractivity contribution is -0.204. The Morgan fingerprint density at radius 2 is 1.41 bits per heavy atom. The van der Waals surface area contributed by atoms with E-state index in [9.17, 15) is 18.1 Å². The van der Waals surface area contributed by atoms with Crippen molar-refractivity contribution < 1.29 is 26.9 Å². The average molecular weight is 429 g/mol. The van der Waals surface area contributed by atoms with E-state index in [1.807, 2.05) is 0 Å². The second-order valence-corrected chi connectivity index (χ2v) is 7.77. The Balaban J connectivity index is 0.000000687. The van der Waals surface area contributed by atoms with Gasteiger partial charge in [-0.05, 0) is 29.8 Å². The number of benzene rings is 2. The van der Waals surface area contributed by atoms with Crippen LogP contribution in [0.1, 0.15) is 11.1 Å². The van der Waals surface area contributed by atoms with Gasteiger partial charge in [0.25, 0.3) is 0 Å². The molecule has 0 saturated carbocycles. The first-order valence-electron chi connectivity index (χ1n) is 8.26. The molecule has 2 aromatic carbocycles. The van der Waals surface area contributed by atoms with Crippen LogP contribution in [-0.2, 0) is 28.9 Å². The normalized spacial score (nSPS) is 13.5. The molecular formula is C19H19F4N3O2S. The minimum absolute atomic E-state index is 0.210. The summed E-state index contributed by atoms with van der Waals surface area (Å²) in [5, 5.41) is 14.7. The second kappa shape index (κ2) is 9.27. The van der Waals surface area contributed by atoms with Gasteiger partial charge in [-0.1, -0.05) is 24.3 Å². The maximum absolute atomic E-state index is 15.2. The molecule has 1 N–H and O–H groups in total. The maximum Gasteiger partial charge on any atom is 0.307 e. The van der Waals surface area contributed by atoms with E-state index >= 15 is 8.78 Å². The molecule has 0 spiro atoms. The average Bonchev–Trinajstić information content (AvgIpc) is 3.15. The molecule has 1 heterocycles. The number of aliphatic hydroxyl groups is 1. The molecule has 0 aliphatic rings. The van der Waals surface area contributed by atoms with Gasteiger partial charge < -0.3 is 5.11 Å². The van der Waals surface area contributed by atoms with Crippen molar-refractivity contribution in [1.29, 1.82) is 0 Å². The molecule has 5 nitrogen and oxygen atoms in total. The van der Waals surface area contributed by atoms with Crippen LogP contribution >= 0.6 is 0 Å². The fourth-order valence-corrected chi connectivity index (χ4v) is 2.54. The first-order valence-corrected chi connectivity index (χ1v) is 10.2. The molecule has 0 saturated heterocycles. The van der Waals surface area contributed by atoms with Crippen molar-refractivity contribution in [3.8, 4) is 0 Å². The van der Waals surface area contributed by atoms with Gasteiger partial charge in [-0.25, -0.2) is 18.4 Å². The lowest BCUT2D eigenvalue weighted by Gasteiger charge is -2.36. The van der Waals surface area contributed by atoms with Gasteiger partial charge in [-0.2, -0.15) is 13.9 Å². The zero-order valence-corrected chi connectivity index (χ0v) is 16.4. The number of hydrogen-bond donors (Lipinski definition) is 1. The largest absolute Gasteiger partial charge is 0.377 e. The number of hydrogen-bond acceptors (Lipinski definition) is 4. The molecule has 0 fully saturated rings. The van der Waals surface area contributed by atoms with Gasteiger partial charge in [0.15, 0.2) is 5.60 Å². The maximum atomic E-state index is 15.2. The van der Waals surface area contributed by atoms with Gasteiger partial charge in [0.2, 0.25) is 0 Å². The van der Waals surface area contributed by atoms with Crippen LogP contribution in [-0.4, -0.2) is 36.6 Å². The van der Waals surface area contributed by atoms with Crippen LogP contribution in [0.25, 0.3) is 0 Å². The van der Waals surface area contributed by atoms with Crippen LogP contribution < -0.4 is 0 Å². The van der Waals surface area contributed by atoms with Crippen LogP contribution in [0.5, 0.6) is 0 Å². The summed E-state index contributed by atoms with van der Waals surface area (Å²) in [5.74, 6) is -5.12. The minimum Gasteiger partial charge on any atom is -0.377 e. The van der Waals surface area contributed by atoms with Gasteiger partial charge in [-0.15, -0.1) is 0 Å². The monoisotopic (exact) mass is 429 g/mol. The highest BCUT2D eigenvalue weighted by atomic mass is 32.2. The highest BCUT2D eigenvalue weighted by Crippen LogP contribution is 2.46. The first kappa shape index (κ1) is 22.7. The highest BCUT2D eigenvalue weighted by molar-refractivity contribution is 7.83. The van der Waals surface area contributed by atoms with Crippen molar-refractivity contribution in [3.63, 3.8) is 0 Å². The van der Waals surface area contributed by atoms with E-state index in [1.165, 1.54) is 6.33 Å². The smallest absolute Gasteiger partial charge is 0.307 e. The van der Waals surface area contributed by atoms with Crippen molar-refractivity contribution in [1.82, 2.24) is 14.8 Å². The van der Waals surface area contributed by atoms with E-state index in [0.717, 1.165) is 59.5 Å². The molecule has 29 heavy (non-hydrogen) atoms. The SMILES string of the molecule is CS(C)=O.OC(Cn1cncn1)(c1ccc(F)cc1)C(F)(F)c1ccc(F)cc1. The number of alkyl halides is 2. The summed E-state index contributed by atoms with van der Waals surface area (Å²) in [5.41, 5.74) is -3.55. The molecule has 3 rings (SSSR count). The van der Waals surface area contributed by atoms with Crippen molar-refractivity contribution in [2.75, 3.05) is 12.5 Å². The Morgan fingerprint density at radius 3 is 1.83 bits per heavy atom. The molecule has 1 unspecified atom stereocenters. The fraction of sp³-hybridized carbons (Fsp3) is 0.263. The third-order valence-electron chi connectivity index (χ3n) is 3.91. The van der Waals surface area contributed by atoms with Gasteiger partial charge in [0.1, 0.15) is 24.3 Å². The van der Waals surface area contributed by atoms with Gasteiger partial charge in [0.05, 0.1) is 6.54 Å². The highest BCUT2D eigenvalue weighted by Gasteiger charge is 2.55. The summed E-state index contributed by atoms with van der Waals surface area (Å²) in [7, 11) is -0.611. The lowest BCUT2D eigenvalue weighted by Crippen LogP contribution is -2.46. The summed E-state index contributed by atoms with van der Waals surface area (Å²) in [6, 6.07) is 7.64. The van der Waals surface area contributed by atoms with Crippen LogP contribution in [0.15, 0.2) is 61.2 Å². The molecule has 156 valence electrons. The fourth-order valence-electron chi connectivity index (χ4n) is 2.54. The van der Waals surface area contributed by atoms with E-state index in [1.54, 1.807) is 12.5 Å². The van der Waals surface area contributed by atoms with E-state index in [-0.39, 0.29) is 5.56 Å². The molecule has 0 aliphatic carbocycles. The first-order chi connectivity index (χ1) is 13.6. The lowest BCUT2D eigenvalue weighted by atomic mass is 9.83. The summed E-state index contributed by atoms with van der Waals surface area (Å²) in [6.45, 7) is -0.636. The Kier molecular flexibility index (Phi) is 7.26. The van der Waals surface area contributed by atoms with Crippen LogP contribution in [0.3, 0.4) is 0 Å². The third kappa shape index (κ3) is 5.48. The van der Waals surface area contributed by atoms with Gasteiger partial charge >= 0.3 is 5.92 Å². The molecule has 1 atom stereocenters.